The van der Waals surface area contributed by atoms with Gasteiger partial charge in [-0.3, -0.25) is 10.1 Å². The number of halogens is 1. The van der Waals surface area contributed by atoms with Crippen molar-refractivity contribution >= 4 is 23.0 Å². The number of para-hydroxylation sites is 1. The topological polar surface area (TPSA) is 58.4 Å². The molecule has 2 heterocycles. The lowest BCUT2D eigenvalue weighted by molar-refractivity contribution is -0.383. The highest BCUT2D eigenvalue weighted by Gasteiger charge is 2.38. The Balaban J connectivity index is 1.67. The average Bonchev–Trinajstić information content (AvgIpc) is 2.68. The number of nitrogens with one attached hydrogen (secondary N) is 1. The molecule has 0 aromatic heterocycles. The lowest BCUT2D eigenvalue weighted by Crippen LogP contribution is -2.41. The Hall–Kier alpha value is -1.33. The van der Waals surface area contributed by atoms with Crippen LogP contribution in [0.2, 0.25) is 5.02 Å². The minimum atomic E-state index is -0.382. The van der Waals surface area contributed by atoms with Gasteiger partial charge < -0.3 is 10.2 Å². The molecule has 0 saturated carbocycles. The number of hydrogen-bond acceptors (Lipinski definition) is 4. The van der Waals surface area contributed by atoms with E-state index in [1.54, 1.807) is 12.1 Å². The molecule has 2 saturated heterocycles. The molecular formula is C15H20ClN3O2. The molecule has 2 fully saturated rings. The first kappa shape index (κ1) is 14.6. The second-order valence-electron chi connectivity index (χ2n) is 6.16. The molecule has 6 heteroatoms. The number of anilines is 1. The van der Waals surface area contributed by atoms with Crippen molar-refractivity contribution in [3.8, 4) is 0 Å². The van der Waals surface area contributed by atoms with Crippen LogP contribution in [0.3, 0.4) is 0 Å². The highest BCUT2D eigenvalue weighted by Crippen LogP contribution is 2.38. The number of nitro benzene ring substituents is 1. The molecule has 1 aromatic carbocycles. The van der Waals surface area contributed by atoms with E-state index in [1.165, 1.54) is 18.9 Å². The number of hydrogen-bond donors (Lipinski definition) is 1. The van der Waals surface area contributed by atoms with Crippen molar-refractivity contribution in [1.82, 2.24) is 4.90 Å². The first-order valence-corrected chi connectivity index (χ1v) is 7.82. The molecule has 2 aliphatic rings. The van der Waals surface area contributed by atoms with Crippen LogP contribution in [0.5, 0.6) is 0 Å². The van der Waals surface area contributed by atoms with Crippen LogP contribution >= 0.6 is 11.6 Å². The van der Waals surface area contributed by atoms with Crippen LogP contribution in [0.4, 0.5) is 11.4 Å². The molecule has 1 N–H and O–H groups in total. The molecule has 2 aliphatic heterocycles. The summed E-state index contributed by atoms with van der Waals surface area (Å²) in [6.07, 6.45) is 4.89. The third-order valence-corrected chi connectivity index (χ3v) is 5.27. The molecule has 0 aliphatic carbocycles. The third kappa shape index (κ3) is 2.85. The van der Waals surface area contributed by atoms with Gasteiger partial charge in [0.15, 0.2) is 0 Å². The maximum atomic E-state index is 11.1. The Labute approximate surface area is 129 Å². The van der Waals surface area contributed by atoms with Crippen molar-refractivity contribution in [1.29, 1.82) is 0 Å². The number of rotatable bonds is 4. The summed E-state index contributed by atoms with van der Waals surface area (Å²) in [7, 11) is 2.21. The standard InChI is InChI=1S/C15H20ClN3O2/c1-18-11-5-6-12(18)8-10(7-11)9-17-15-13(16)3-2-4-14(15)19(20)21/h2-4,10-12,17H,5-9H2,1H3. The van der Waals surface area contributed by atoms with E-state index in [0.717, 1.165) is 19.4 Å². The summed E-state index contributed by atoms with van der Waals surface area (Å²) in [4.78, 5) is 13.2. The van der Waals surface area contributed by atoms with Gasteiger partial charge in [-0.1, -0.05) is 17.7 Å². The Morgan fingerprint density at radius 1 is 1.38 bits per heavy atom. The van der Waals surface area contributed by atoms with Gasteiger partial charge >= 0.3 is 0 Å². The minimum absolute atomic E-state index is 0.0541. The monoisotopic (exact) mass is 309 g/mol. The summed E-state index contributed by atoms with van der Waals surface area (Å²) >= 11 is 6.11. The van der Waals surface area contributed by atoms with Crippen molar-refractivity contribution in [2.24, 2.45) is 5.92 Å². The summed E-state index contributed by atoms with van der Waals surface area (Å²) in [5.41, 5.74) is 0.508. The zero-order valence-electron chi connectivity index (χ0n) is 12.1. The number of piperidine rings is 1. The van der Waals surface area contributed by atoms with Gasteiger partial charge in [0.2, 0.25) is 0 Å². The van der Waals surface area contributed by atoms with Crippen molar-refractivity contribution < 1.29 is 4.92 Å². The minimum Gasteiger partial charge on any atom is -0.378 e. The molecule has 1 aromatic rings. The van der Waals surface area contributed by atoms with Crippen LogP contribution in [-0.4, -0.2) is 35.5 Å². The second kappa shape index (κ2) is 5.81. The summed E-state index contributed by atoms with van der Waals surface area (Å²) in [5.74, 6) is 0.564. The van der Waals surface area contributed by atoms with E-state index in [4.69, 9.17) is 11.6 Å². The van der Waals surface area contributed by atoms with Crippen molar-refractivity contribution in [2.75, 3.05) is 18.9 Å². The van der Waals surface area contributed by atoms with Gasteiger partial charge in [0.1, 0.15) is 5.69 Å². The highest BCUT2D eigenvalue weighted by molar-refractivity contribution is 6.33. The van der Waals surface area contributed by atoms with Gasteiger partial charge in [-0.25, -0.2) is 0 Å². The van der Waals surface area contributed by atoms with E-state index < -0.39 is 0 Å². The average molecular weight is 310 g/mol. The van der Waals surface area contributed by atoms with Crippen molar-refractivity contribution in [3.05, 3.63) is 33.3 Å². The Bertz CT molecular complexity index is 538. The van der Waals surface area contributed by atoms with Crippen molar-refractivity contribution in [3.63, 3.8) is 0 Å². The predicted molar refractivity (Wildman–Crippen MR) is 83.9 cm³/mol. The van der Waals surface area contributed by atoms with Crippen LogP contribution in [0.1, 0.15) is 25.7 Å². The number of fused-ring (bicyclic) bond motifs is 2. The first-order chi connectivity index (χ1) is 10.1. The molecule has 2 bridgehead atoms. The largest absolute Gasteiger partial charge is 0.378 e. The molecule has 5 nitrogen and oxygen atoms in total. The van der Waals surface area contributed by atoms with E-state index in [-0.39, 0.29) is 10.6 Å². The van der Waals surface area contributed by atoms with E-state index in [2.05, 4.69) is 17.3 Å². The zero-order valence-corrected chi connectivity index (χ0v) is 12.8. The Morgan fingerprint density at radius 3 is 2.67 bits per heavy atom. The van der Waals surface area contributed by atoms with Crippen LogP contribution in [0.25, 0.3) is 0 Å². The fourth-order valence-electron chi connectivity index (χ4n) is 3.78. The van der Waals surface area contributed by atoms with Crippen LogP contribution in [0, 0.1) is 16.0 Å². The lowest BCUT2D eigenvalue weighted by atomic mass is 9.91. The molecule has 2 atom stereocenters. The lowest BCUT2D eigenvalue weighted by Gasteiger charge is -2.36. The van der Waals surface area contributed by atoms with Crippen molar-refractivity contribution in [2.45, 2.75) is 37.8 Å². The zero-order chi connectivity index (χ0) is 15.0. The number of benzene rings is 1. The van der Waals surface area contributed by atoms with E-state index in [0.29, 0.717) is 28.7 Å². The molecule has 0 spiro atoms. The normalized spacial score (nSPS) is 28.6. The van der Waals surface area contributed by atoms with Crippen LogP contribution in [-0.2, 0) is 0 Å². The maximum absolute atomic E-state index is 11.1. The summed E-state index contributed by atoms with van der Waals surface area (Å²) in [6.45, 7) is 0.755. The summed E-state index contributed by atoms with van der Waals surface area (Å²) in [6, 6.07) is 6.15. The first-order valence-electron chi connectivity index (χ1n) is 7.45. The molecule has 21 heavy (non-hydrogen) atoms. The summed E-state index contributed by atoms with van der Waals surface area (Å²) in [5, 5.41) is 14.7. The Morgan fingerprint density at radius 2 is 2.05 bits per heavy atom. The Kier molecular flexibility index (Phi) is 4.04. The fourth-order valence-corrected chi connectivity index (χ4v) is 4.01. The van der Waals surface area contributed by atoms with E-state index in [1.807, 2.05) is 0 Å². The number of nitro groups is 1. The molecule has 114 valence electrons. The highest BCUT2D eigenvalue weighted by atomic mass is 35.5. The van der Waals surface area contributed by atoms with Crippen LogP contribution in [0.15, 0.2) is 18.2 Å². The van der Waals surface area contributed by atoms with Gasteiger partial charge in [-0.15, -0.1) is 0 Å². The summed E-state index contributed by atoms with van der Waals surface area (Å²) < 4.78 is 0. The third-order valence-electron chi connectivity index (χ3n) is 4.95. The van der Waals surface area contributed by atoms with Gasteiger partial charge in [0, 0.05) is 24.7 Å². The smallest absolute Gasteiger partial charge is 0.293 e. The van der Waals surface area contributed by atoms with Crippen LogP contribution < -0.4 is 5.32 Å². The van der Waals surface area contributed by atoms with E-state index in [9.17, 15) is 10.1 Å². The van der Waals surface area contributed by atoms with Gasteiger partial charge in [0.25, 0.3) is 5.69 Å². The second-order valence-corrected chi connectivity index (χ2v) is 6.57. The molecule has 0 amide bonds. The quantitative estimate of drug-likeness (QED) is 0.683. The maximum Gasteiger partial charge on any atom is 0.293 e. The molecule has 2 unspecified atom stereocenters. The molecule has 0 radical (unpaired) electrons. The SMILES string of the molecule is CN1C2CCC1CC(CNc1c(Cl)cccc1[N+](=O)[O-])C2. The fraction of sp³-hybridized carbons (Fsp3) is 0.600. The molecule has 3 rings (SSSR count). The molecular weight excluding hydrogens is 290 g/mol. The predicted octanol–water partition coefficient (Wildman–Crippen LogP) is 3.53. The van der Waals surface area contributed by atoms with Gasteiger partial charge in [-0.05, 0) is 44.7 Å². The van der Waals surface area contributed by atoms with E-state index >= 15 is 0 Å². The van der Waals surface area contributed by atoms with Gasteiger partial charge in [-0.2, -0.15) is 0 Å². The number of nitrogens with zero attached hydrogens (tertiary/aromatic N) is 2. The van der Waals surface area contributed by atoms with Gasteiger partial charge in [0.05, 0.1) is 9.95 Å².